The summed E-state index contributed by atoms with van der Waals surface area (Å²) in [5.41, 5.74) is 1.41. The van der Waals surface area contributed by atoms with Crippen molar-refractivity contribution in [1.29, 1.82) is 0 Å². The van der Waals surface area contributed by atoms with Crippen molar-refractivity contribution >= 4 is 48.5 Å². The SMILES string of the molecule is COc1cccc2sc(N(CC3CCCO3)C(=O)c3ccc(Br)cc3)nc12. The molecule has 5 nitrogen and oxygen atoms in total. The number of nitrogens with zero attached hydrogens (tertiary/aromatic N) is 2. The van der Waals surface area contributed by atoms with Crippen molar-refractivity contribution < 1.29 is 14.3 Å². The Morgan fingerprint density at radius 3 is 2.85 bits per heavy atom. The van der Waals surface area contributed by atoms with Crippen molar-refractivity contribution in [3.63, 3.8) is 0 Å². The van der Waals surface area contributed by atoms with Crippen molar-refractivity contribution in [1.82, 2.24) is 4.98 Å². The van der Waals surface area contributed by atoms with Gasteiger partial charge in [0.1, 0.15) is 11.3 Å². The van der Waals surface area contributed by atoms with Gasteiger partial charge >= 0.3 is 0 Å². The summed E-state index contributed by atoms with van der Waals surface area (Å²) in [6.07, 6.45) is 2.02. The second kappa shape index (κ2) is 7.96. The van der Waals surface area contributed by atoms with Crippen LogP contribution in [-0.4, -0.2) is 37.3 Å². The minimum atomic E-state index is -0.0731. The van der Waals surface area contributed by atoms with E-state index in [1.807, 2.05) is 42.5 Å². The minimum Gasteiger partial charge on any atom is -0.494 e. The van der Waals surface area contributed by atoms with Gasteiger partial charge in [0.2, 0.25) is 0 Å². The van der Waals surface area contributed by atoms with Gasteiger partial charge < -0.3 is 9.47 Å². The van der Waals surface area contributed by atoms with Crippen LogP contribution in [0, 0.1) is 0 Å². The van der Waals surface area contributed by atoms with Crippen LogP contribution in [0.15, 0.2) is 46.9 Å². The monoisotopic (exact) mass is 446 g/mol. The number of para-hydroxylation sites is 1. The highest BCUT2D eigenvalue weighted by atomic mass is 79.9. The molecule has 2 heterocycles. The van der Waals surface area contributed by atoms with Crippen molar-refractivity contribution in [2.75, 3.05) is 25.2 Å². The standard InChI is InChI=1S/C20H19BrN2O3S/c1-25-16-5-2-6-17-18(16)22-20(27-17)23(12-15-4-3-11-26-15)19(24)13-7-9-14(21)10-8-13/h2,5-10,15H,3-4,11-12H2,1H3. The summed E-state index contributed by atoms with van der Waals surface area (Å²) in [6, 6.07) is 13.2. The number of rotatable bonds is 5. The molecule has 140 valence electrons. The molecule has 1 saturated heterocycles. The molecule has 0 saturated carbocycles. The molecule has 0 spiro atoms. The summed E-state index contributed by atoms with van der Waals surface area (Å²) in [7, 11) is 1.63. The normalized spacial score (nSPS) is 16.6. The highest BCUT2D eigenvalue weighted by Crippen LogP contribution is 2.35. The first-order chi connectivity index (χ1) is 13.2. The molecule has 1 amide bonds. The largest absolute Gasteiger partial charge is 0.494 e. The van der Waals surface area contributed by atoms with Crippen LogP contribution in [0.3, 0.4) is 0 Å². The van der Waals surface area contributed by atoms with Crippen LogP contribution in [0.25, 0.3) is 10.2 Å². The number of halogens is 1. The molecule has 0 N–H and O–H groups in total. The maximum Gasteiger partial charge on any atom is 0.260 e. The van der Waals surface area contributed by atoms with Gasteiger partial charge in [0, 0.05) is 16.6 Å². The summed E-state index contributed by atoms with van der Waals surface area (Å²) >= 11 is 4.91. The van der Waals surface area contributed by atoms with E-state index in [1.54, 1.807) is 12.0 Å². The van der Waals surface area contributed by atoms with Gasteiger partial charge in [-0.05, 0) is 49.2 Å². The number of hydrogen-bond donors (Lipinski definition) is 0. The molecule has 1 aromatic heterocycles. The van der Waals surface area contributed by atoms with Crippen molar-refractivity contribution in [3.05, 3.63) is 52.5 Å². The highest BCUT2D eigenvalue weighted by molar-refractivity contribution is 9.10. The fourth-order valence-corrected chi connectivity index (χ4v) is 4.43. The molecule has 1 fully saturated rings. The topological polar surface area (TPSA) is 51.7 Å². The Balaban J connectivity index is 1.73. The van der Waals surface area contributed by atoms with E-state index in [2.05, 4.69) is 15.9 Å². The zero-order valence-corrected chi connectivity index (χ0v) is 17.3. The van der Waals surface area contributed by atoms with Gasteiger partial charge in [-0.25, -0.2) is 4.98 Å². The first kappa shape index (κ1) is 18.4. The molecule has 2 aromatic carbocycles. The van der Waals surface area contributed by atoms with Gasteiger partial charge in [-0.2, -0.15) is 0 Å². The average Bonchev–Trinajstić information content (AvgIpc) is 3.35. The lowest BCUT2D eigenvalue weighted by molar-refractivity contribution is 0.0917. The molecule has 1 aliphatic heterocycles. The van der Waals surface area contributed by atoms with Crippen LogP contribution in [0.4, 0.5) is 5.13 Å². The second-order valence-corrected chi connectivity index (χ2v) is 8.29. The molecule has 7 heteroatoms. The van der Waals surface area contributed by atoms with Gasteiger partial charge in [0.05, 0.1) is 24.5 Å². The predicted octanol–water partition coefficient (Wildman–Crippen LogP) is 4.89. The Bertz CT molecular complexity index is 952. The fraction of sp³-hybridized carbons (Fsp3) is 0.300. The lowest BCUT2D eigenvalue weighted by Gasteiger charge is -2.23. The van der Waals surface area contributed by atoms with E-state index in [0.717, 1.165) is 34.1 Å². The Morgan fingerprint density at radius 2 is 2.15 bits per heavy atom. The predicted molar refractivity (Wildman–Crippen MR) is 111 cm³/mol. The number of aromatic nitrogens is 1. The number of benzene rings is 2. The van der Waals surface area contributed by atoms with E-state index in [0.29, 0.717) is 23.0 Å². The van der Waals surface area contributed by atoms with E-state index >= 15 is 0 Å². The number of carbonyl (C=O) groups excluding carboxylic acids is 1. The summed E-state index contributed by atoms with van der Waals surface area (Å²) < 4.78 is 13.1. The smallest absolute Gasteiger partial charge is 0.260 e. The molecular formula is C20H19BrN2O3S. The van der Waals surface area contributed by atoms with E-state index in [9.17, 15) is 4.79 Å². The van der Waals surface area contributed by atoms with Crippen molar-refractivity contribution in [3.8, 4) is 5.75 Å². The number of amides is 1. The number of carbonyl (C=O) groups is 1. The van der Waals surface area contributed by atoms with Gasteiger partial charge in [-0.3, -0.25) is 9.69 Å². The van der Waals surface area contributed by atoms with E-state index in [-0.39, 0.29) is 12.0 Å². The molecule has 0 aliphatic carbocycles. The molecule has 1 aliphatic rings. The van der Waals surface area contributed by atoms with Crippen LogP contribution in [-0.2, 0) is 4.74 Å². The van der Waals surface area contributed by atoms with Crippen LogP contribution in [0.5, 0.6) is 5.75 Å². The summed E-state index contributed by atoms with van der Waals surface area (Å²) in [5, 5.41) is 0.665. The maximum atomic E-state index is 13.3. The number of ether oxygens (including phenoxy) is 2. The number of hydrogen-bond acceptors (Lipinski definition) is 5. The van der Waals surface area contributed by atoms with Crippen LogP contribution in [0.1, 0.15) is 23.2 Å². The Morgan fingerprint density at radius 1 is 1.33 bits per heavy atom. The molecule has 1 unspecified atom stereocenters. The van der Waals surface area contributed by atoms with Gasteiger partial charge in [0.15, 0.2) is 5.13 Å². The van der Waals surface area contributed by atoms with Crippen LogP contribution >= 0.6 is 27.3 Å². The number of fused-ring (bicyclic) bond motifs is 1. The highest BCUT2D eigenvalue weighted by Gasteiger charge is 2.27. The fourth-order valence-electron chi connectivity index (χ4n) is 3.18. The maximum absolute atomic E-state index is 13.3. The van der Waals surface area contributed by atoms with E-state index in [1.165, 1.54) is 11.3 Å². The minimum absolute atomic E-state index is 0.0401. The third-order valence-electron chi connectivity index (χ3n) is 4.57. The van der Waals surface area contributed by atoms with Crippen LogP contribution < -0.4 is 9.64 Å². The zero-order chi connectivity index (χ0) is 18.8. The molecule has 27 heavy (non-hydrogen) atoms. The van der Waals surface area contributed by atoms with Gasteiger partial charge in [-0.1, -0.05) is 33.3 Å². The summed E-state index contributed by atoms with van der Waals surface area (Å²) in [6.45, 7) is 1.25. The number of methoxy groups -OCH3 is 1. The van der Waals surface area contributed by atoms with E-state index in [4.69, 9.17) is 14.5 Å². The molecule has 0 radical (unpaired) electrons. The lowest BCUT2D eigenvalue weighted by atomic mass is 10.2. The molecule has 3 aromatic rings. The summed E-state index contributed by atoms with van der Waals surface area (Å²) in [5.74, 6) is 0.638. The zero-order valence-electron chi connectivity index (χ0n) is 14.9. The summed E-state index contributed by atoms with van der Waals surface area (Å²) in [4.78, 5) is 19.7. The Labute approximate surface area is 170 Å². The van der Waals surface area contributed by atoms with Crippen molar-refractivity contribution in [2.45, 2.75) is 18.9 Å². The van der Waals surface area contributed by atoms with Crippen LogP contribution in [0.2, 0.25) is 0 Å². The first-order valence-corrected chi connectivity index (χ1v) is 10.4. The van der Waals surface area contributed by atoms with Gasteiger partial charge in [-0.15, -0.1) is 0 Å². The Kier molecular flexibility index (Phi) is 5.43. The second-order valence-electron chi connectivity index (χ2n) is 6.36. The number of anilines is 1. The third kappa shape index (κ3) is 3.85. The van der Waals surface area contributed by atoms with E-state index < -0.39 is 0 Å². The lowest BCUT2D eigenvalue weighted by Crippen LogP contribution is -2.37. The average molecular weight is 447 g/mol. The first-order valence-electron chi connectivity index (χ1n) is 8.78. The third-order valence-corrected chi connectivity index (χ3v) is 6.14. The molecule has 0 bridgehead atoms. The number of thiazole rings is 1. The van der Waals surface area contributed by atoms with Gasteiger partial charge in [0.25, 0.3) is 5.91 Å². The molecular weight excluding hydrogens is 428 g/mol. The van der Waals surface area contributed by atoms with Crippen molar-refractivity contribution in [2.24, 2.45) is 0 Å². The molecule has 4 rings (SSSR count). The quantitative estimate of drug-likeness (QED) is 0.559. The molecule has 1 atom stereocenters. The Hall–Kier alpha value is -1.96.